The lowest BCUT2D eigenvalue weighted by Gasteiger charge is -2.08. The van der Waals surface area contributed by atoms with Gasteiger partial charge in [0.2, 0.25) is 0 Å². The van der Waals surface area contributed by atoms with Gasteiger partial charge >= 0.3 is 5.91 Å². The van der Waals surface area contributed by atoms with Crippen LogP contribution in [0.2, 0.25) is 0 Å². The molecular formula is C19H15FN2O5S. The topological polar surface area (TPSA) is 105 Å². The van der Waals surface area contributed by atoms with Crippen LogP contribution in [-0.2, 0) is 15.6 Å². The Kier molecular flexibility index (Phi) is 5.55. The van der Waals surface area contributed by atoms with Crippen LogP contribution in [0.3, 0.4) is 0 Å². The quantitative estimate of drug-likeness (QED) is 0.638. The van der Waals surface area contributed by atoms with Gasteiger partial charge in [-0.1, -0.05) is 30.3 Å². The Morgan fingerprint density at radius 2 is 1.54 bits per heavy atom. The zero-order valence-electron chi connectivity index (χ0n) is 14.4. The first kappa shape index (κ1) is 19.3. The molecule has 144 valence electrons. The van der Waals surface area contributed by atoms with Gasteiger partial charge in [0.15, 0.2) is 15.6 Å². The first-order valence-corrected chi connectivity index (χ1v) is 9.73. The van der Waals surface area contributed by atoms with Crippen molar-refractivity contribution in [3.8, 4) is 0 Å². The van der Waals surface area contributed by atoms with Crippen LogP contribution in [-0.4, -0.2) is 20.2 Å². The number of carbonyl (C=O) groups excluding carboxylic acids is 2. The summed E-state index contributed by atoms with van der Waals surface area (Å²) in [5, 5.41) is 0. The third-order valence-electron chi connectivity index (χ3n) is 3.81. The van der Waals surface area contributed by atoms with Crippen molar-refractivity contribution in [2.45, 2.75) is 10.6 Å². The molecule has 0 spiro atoms. The summed E-state index contributed by atoms with van der Waals surface area (Å²) >= 11 is 0. The predicted molar refractivity (Wildman–Crippen MR) is 97.4 cm³/mol. The molecule has 0 aliphatic heterocycles. The third kappa shape index (κ3) is 4.26. The summed E-state index contributed by atoms with van der Waals surface area (Å²) in [5.74, 6) is -3.21. The molecule has 3 rings (SSSR count). The van der Waals surface area contributed by atoms with E-state index in [-0.39, 0.29) is 21.8 Å². The fourth-order valence-electron chi connectivity index (χ4n) is 2.45. The molecule has 2 amide bonds. The van der Waals surface area contributed by atoms with Crippen LogP contribution in [0.5, 0.6) is 0 Å². The van der Waals surface area contributed by atoms with Gasteiger partial charge in [-0.05, 0) is 30.3 Å². The van der Waals surface area contributed by atoms with Crippen LogP contribution in [0, 0.1) is 5.82 Å². The lowest BCUT2D eigenvalue weighted by Crippen LogP contribution is -2.42. The number of amides is 2. The van der Waals surface area contributed by atoms with Gasteiger partial charge in [-0.2, -0.15) is 0 Å². The van der Waals surface area contributed by atoms with Crippen molar-refractivity contribution >= 4 is 21.7 Å². The molecule has 7 nitrogen and oxygen atoms in total. The molecule has 0 unspecified atom stereocenters. The molecule has 0 atom stereocenters. The Morgan fingerprint density at radius 1 is 0.893 bits per heavy atom. The van der Waals surface area contributed by atoms with E-state index in [1.54, 1.807) is 18.2 Å². The Bertz CT molecular complexity index is 1110. The number of hydrazine groups is 1. The Labute approximate surface area is 160 Å². The number of furan rings is 1. The summed E-state index contributed by atoms with van der Waals surface area (Å²) < 4.78 is 43.6. The molecule has 1 heterocycles. The largest absolute Gasteiger partial charge is 0.459 e. The van der Waals surface area contributed by atoms with Crippen molar-refractivity contribution < 1.29 is 26.8 Å². The number of hydrogen-bond donors (Lipinski definition) is 2. The van der Waals surface area contributed by atoms with Crippen molar-refractivity contribution in [2.75, 3.05) is 0 Å². The summed E-state index contributed by atoms with van der Waals surface area (Å²) in [6.07, 6.45) is 1.17. The lowest BCUT2D eigenvalue weighted by atomic mass is 10.2. The first-order chi connectivity index (χ1) is 13.4. The standard InChI is InChI=1S/C19H15FN2O5S/c20-16-9-5-4-8-15(16)18(23)21-22-19(24)17-13(10-11-27-17)12-28(25,26)14-6-2-1-3-7-14/h1-11H,12H2,(H,21,23)(H,22,24). The van der Waals surface area contributed by atoms with E-state index in [2.05, 4.69) is 10.9 Å². The van der Waals surface area contributed by atoms with E-state index in [1.165, 1.54) is 42.7 Å². The SMILES string of the molecule is O=C(NNC(=O)c1occc1CS(=O)(=O)c1ccccc1)c1ccccc1F. The molecule has 2 aromatic carbocycles. The molecule has 0 saturated carbocycles. The number of sulfone groups is 1. The molecular weight excluding hydrogens is 387 g/mol. The van der Waals surface area contributed by atoms with E-state index in [0.717, 1.165) is 6.07 Å². The lowest BCUT2D eigenvalue weighted by molar-refractivity contribution is 0.0828. The average Bonchev–Trinajstić information content (AvgIpc) is 3.14. The average molecular weight is 402 g/mol. The monoisotopic (exact) mass is 402 g/mol. The van der Waals surface area contributed by atoms with Gasteiger partial charge in [0.1, 0.15) is 5.82 Å². The predicted octanol–water partition coefficient (Wildman–Crippen LogP) is 2.47. The zero-order valence-corrected chi connectivity index (χ0v) is 15.2. The first-order valence-electron chi connectivity index (χ1n) is 8.08. The molecule has 0 radical (unpaired) electrons. The van der Waals surface area contributed by atoms with Crippen LogP contribution in [0.25, 0.3) is 0 Å². The number of nitrogens with one attached hydrogen (secondary N) is 2. The minimum Gasteiger partial charge on any atom is -0.459 e. The maximum Gasteiger partial charge on any atom is 0.305 e. The second-order valence-electron chi connectivity index (χ2n) is 5.74. The van der Waals surface area contributed by atoms with E-state index in [9.17, 15) is 22.4 Å². The second kappa shape index (κ2) is 8.05. The van der Waals surface area contributed by atoms with E-state index < -0.39 is 33.2 Å². The van der Waals surface area contributed by atoms with Crippen molar-refractivity contribution in [3.63, 3.8) is 0 Å². The number of benzene rings is 2. The van der Waals surface area contributed by atoms with Crippen molar-refractivity contribution in [1.29, 1.82) is 0 Å². The molecule has 2 N–H and O–H groups in total. The zero-order chi connectivity index (χ0) is 20.1. The summed E-state index contributed by atoms with van der Waals surface area (Å²) in [6, 6.07) is 14.4. The highest BCUT2D eigenvalue weighted by Crippen LogP contribution is 2.19. The number of rotatable bonds is 5. The van der Waals surface area contributed by atoms with Gasteiger partial charge in [0, 0.05) is 5.56 Å². The summed E-state index contributed by atoms with van der Waals surface area (Å²) in [4.78, 5) is 24.3. The van der Waals surface area contributed by atoms with E-state index >= 15 is 0 Å². The molecule has 0 aliphatic carbocycles. The van der Waals surface area contributed by atoms with Gasteiger partial charge in [0.25, 0.3) is 5.91 Å². The van der Waals surface area contributed by atoms with Gasteiger partial charge in [-0.3, -0.25) is 20.4 Å². The molecule has 9 heteroatoms. The number of halogens is 1. The number of hydrogen-bond acceptors (Lipinski definition) is 5. The highest BCUT2D eigenvalue weighted by Gasteiger charge is 2.23. The van der Waals surface area contributed by atoms with Crippen molar-refractivity contribution in [2.24, 2.45) is 0 Å². The summed E-state index contributed by atoms with van der Waals surface area (Å²) in [6.45, 7) is 0. The third-order valence-corrected chi connectivity index (χ3v) is 5.49. The number of carbonyl (C=O) groups is 2. The molecule has 0 aliphatic rings. The Hall–Kier alpha value is -3.46. The minimum absolute atomic E-state index is 0.107. The van der Waals surface area contributed by atoms with Crippen LogP contribution >= 0.6 is 0 Å². The van der Waals surface area contributed by atoms with Gasteiger partial charge in [0.05, 0.1) is 22.5 Å². The summed E-state index contributed by atoms with van der Waals surface area (Å²) in [5.41, 5.74) is 4.02. The second-order valence-corrected chi connectivity index (χ2v) is 7.72. The highest BCUT2D eigenvalue weighted by atomic mass is 32.2. The fraction of sp³-hybridized carbons (Fsp3) is 0.0526. The molecule has 0 bridgehead atoms. The molecule has 0 saturated heterocycles. The molecule has 3 aromatic rings. The van der Waals surface area contributed by atoms with Crippen molar-refractivity contribution in [1.82, 2.24) is 10.9 Å². The normalized spacial score (nSPS) is 11.0. The van der Waals surface area contributed by atoms with Crippen LogP contribution in [0.1, 0.15) is 26.5 Å². The van der Waals surface area contributed by atoms with Crippen LogP contribution < -0.4 is 10.9 Å². The van der Waals surface area contributed by atoms with Gasteiger partial charge < -0.3 is 4.42 Å². The van der Waals surface area contributed by atoms with Crippen LogP contribution in [0.15, 0.2) is 76.2 Å². The maximum atomic E-state index is 13.6. The Balaban J connectivity index is 1.70. The van der Waals surface area contributed by atoms with Gasteiger partial charge in [-0.15, -0.1) is 0 Å². The van der Waals surface area contributed by atoms with E-state index in [1.807, 2.05) is 0 Å². The molecule has 0 fully saturated rings. The fourth-order valence-corrected chi connectivity index (χ4v) is 3.82. The molecule has 28 heavy (non-hydrogen) atoms. The van der Waals surface area contributed by atoms with Crippen LogP contribution in [0.4, 0.5) is 4.39 Å². The highest BCUT2D eigenvalue weighted by molar-refractivity contribution is 7.90. The minimum atomic E-state index is -3.70. The maximum absolute atomic E-state index is 13.6. The smallest absolute Gasteiger partial charge is 0.305 e. The van der Waals surface area contributed by atoms with E-state index in [0.29, 0.717) is 0 Å². The van der Waals surface area contributed by atoms with Crippen molar-refractivity contribution in [3.05, 3.63) is 89.6 Å². The Morgan fingerprint density at radius 3 is 2.25 bits per heavy atom. The molecule has 1 aromatic heterocycles. The van der Waals surface area contributed by atoms with E-state index in [4.69, 9.17) is 4.42 Å². The van der Waals surface area contributed by atoms with Gasteiger partial charge in [-0.25, -0.2) is 12.8 Å². The summed E-state index contributed by atoms with van der Waals surface area (Å²) in [7, 11) is -3.70.